The Morgan fingerprint density at radius 1 is 1.36 bits per heavy atom. The number of alkyl halides is 2. The second-order valence-electron chi connectivity index (χ2n) is 4.16. The molecule has 0 unspecified atom stereocenters. The fraction of sp³-hybridized carbons (Fsp3) is 0.750. The Hall–Kier alpha value is -0.780. The van der Waals surface area contributed by atoms with Crippen molar-refractivity contribution in [2.24, 2.45) is 5.41 Å². The Bertz CT molecular complexity index is 293. The summed E-state index contributed by atoms with van der Waals surface area (Å²) in [6.45, 7) is 6.84. The van der Waals surface area contributed by atoms with E-state index in [4.69, 9.17) is 0 Å². The van der Waals surface area contributed by atoms with Crippen molar-refractivity contribution in [3.63, 3.8) is 0 Å². The molecular weight excluding hydrogens is 208 g/mol. The minimum atomic E-state index is -2.53. The van der Waals surface area contributed by atoms with Crippen LogP contribution in [0.25, 0.3) is 0 Å². The molecule has 1 N–H and O–H groups in total. The zero-order valence-corrected chi connectivity index (χ0v) is 9.16. The van der Waals surface area contributed by atoms with Gasteiger partial charge < -0.3 is 5.32 Å². The van der Waals surface area contributed by atoms with Crippen LogP contribution in [0.2, 0.25) is 0 Å². The first-order valence-corrected chi connectivity index (χ1v) is 5.05. The summed E-state index contributed by atoms with van der Waals surface area (Å²) in [5.41, 5.74) is 0.0939. The van der Waals surface area contributed by atoms with Gasteiger partial charge in [-0.25, -0.2) is 8.78 Å². The van der Waals surface area contributed by atoms with Crippen molar-refractivity contribution < 1.29 is 8.78 Å². The van der Waals surface area contributed by atoms with Gasteiger partial charge in [0.25, 0.3) is 6.43 Å². The molecule has 80 valence electrons. The predicted octanol–water partition coefficient (Wildman–Crippen LogP) is 2.93. The number of hydrogen-bond acceptors (Lipinski definition) is 4. The van der Waals surface area contributed by atoms with Crippen molar-refractivity contribution in [3.05, 3.63) is 5.01 Å². The van der Waals surface area contributed by atoms with Gasteiger partial charge in [0, 0.05) is 6.54 Å². The summed E-state index contributed by atoms with van der Waals surface area (Å²) in [6.07, 6.45) is -2.53. The minimum Gasteiger partial charge on any atom is -0.360 e. The summed E-state index contributed by atoms with van der Waals surface area (Å²) in [7, 11) is 0. The third-order valence-corrected chi connectivity index (χ3v) is 2.29. The SMILES string of the molecule is CC(C)(C)CNc1nnc(C(F)F)s1. The molecule has 0 aliphatic heterocycles. The van der Waals surface area contributed by atoms with Crippen LogP contribution >= 0.6 is 11.3 Å². The third kappa shape index (κ3) is 3.53. The van der Waals surface area contributed by atoms with E-state index in [1.54, 1.807) is 0 Å². The van der Waals surface area contributed by atoms with Crippen LogP contribution in [0.1, 0.15) is 32.2 Å². The first-order chi connectivity index (χ1) is 6.38. The van der Waals surface area contributed by atoms with Gasteiger partial charge in [-0.1, -0.05) is 32.1 Å². The Morgan fingerprint density at radius 3 is 2.43 bits per heavy atom. The van der Waals surface area contributed by atoms with E-state index < -0.39 is 6.43 Å². The summed E-state index contributed by atoms with van der Waals surface area (Å²) in [4.78, 5) is 0. The number of halogens is 2. The Morgan fingerprint density at radius 2 is 2.00 bits per heavy atom. The normalized spacial score (nSPS) is 12.1. The molecule has 0 bridgehead atoms. The lowest BCUT2D eigenvalue weighted by atomic mass is 9.97. The first-order valence-electron chi connectivity index (χ1n) is 4.24. The molecule has 3 nitrogen and oxygen atoms in total. The van der Waals surface area contributed by atoms with E-state index >= 15 is 0 Å². The first kappa shape index (κ1) is 11.3. The molecule has 0 aliphatic rings. The van der Waals surface area contributed by atoms with Gasteiger partial charge >= 0.3 is 0 Å². The molecule has 0 spiro atoms. The van der Waals surface area contributed by atoms with Gasteiger partial charge in [0.1, 0.15) is 0 Å². The van der Waals surface area contributed by atoms with Gasteiger partial charge in [0.05, 0.1) is 0 Å². The third-order valence-electron chi connectivity index (χ3n) is 1.40. The molecule has 0 saturated carbocycles. The molecule has 1 heterocycles. The van der Waals surface area contributed by atoms with Crippen LogP contribution in [-0.4, -0.2) is 16.7 Å². The van der Waals surface area contributed by atoms with Gasteiger partial charge in [-0.05, 0) is 5.41 Å². The minimum absolute atomic E-state index is 0.0939. The standard InChI is InChI=1S/C8H13F2N3S/c1-8(2,3)4-11-7-13-12-6(14-7)5(9)10/h5H,4H2,1-3H3,(H,11,13). The number of hydrogen-bond donors (Lipinski definition) is 1. The molecule has 1 aromatic heterocycles. The number of aromatic nitrogens is 2. The Balaban J connectivity index is 2.52. The highest BCUT2D eigenvalue weighted by Gasteiger charge is 2.15. The van der Waals surface area contributed by atoms with Gasteiger partial charge in [0.2, 0.25) is 5.13 Å². The highest BCUT2D eigenvalue weighted by molar-refractivity contribution is 7.15. The number of anilines is 1. The molecule has 0 amide bonds. The summed E-state index contributed by atoms with van der Waals surface area (Å²) >= 11 is 0.898. The van der Waals surface area contributed by atoms with Crippen molar-refractivity contribution in [1.82, 2.24) is 10.2 Å². The van der Waals surface area contributed by atoms with Crippen molar-refractivity contribution in [3.8, 4) is 0 Å². The van der Waals surface area contributed by atoms with Crippen LogP contribution in [-0.2, 0) is 0 Å². The average Bonchev–Trinajstić information content (AvgIpc) is 2.47. The molecule has 0 fully saturated rings. The molecule has 0 radical (unpaired) electrons. The molecule has 1 aromatic rings. The fourth-order valence-electron chi connectivity index (χ4n) is 0.735. The lowest BCUT2D eigenvalue weighted by Crippen LogP contribution is -2.18. The van der Waals surface area contributed by atoms with Crippen LogP contribution in [0.3, 0.4) is 0 Å². The lowest BCUT2D eigenvalue weighted by Gasteiger charge is -2.17. The molecule has 0 aliphatic carbocycles. The second-order valence-corrected chi connectivity index (χ2v) is 5.17. The number of rotatable bonds is 3. The summed E-state index contributed by atoms with van der Waals surface area (Å²) < 4.78 is 24.3. The van der Waals surface area contributed by atoms with Crippen molar-refractivity contribution in [2.45, 2.75) is 27.2 Å². The summed E-state index contributed by atoms with van der Waals surface area (Å²) in [5, 5.41) is 10.2. The zero-order chi connectivity index (χ0) is 10.8. The highest BCUT2D eigenvalue weighted by atomic mass is 32.1. The van der Waals surface area contributed by atoms with Crippen LogP contribution in [0.4, 0.5) is 13.9 Å². The number of nitrogens with zero attached hydrogens (tertiary/aromatic N) is 2. The average molecular weight is 221 g/mol. The van der Waals surface area contributed by atoms with Crippen LogP contribution in [0.15, 0.2) is 0 Å². The van der Waals surface area contributed by atoms with E-state index in [2.05, 4.69) is 36.3 Å². The van der Waals surface area contributed by atoms with E-state index in [-0.39, 0.29) is 10.4 Å². The lowest BCUT2D eigenvalue weighted by molar-refractivity contribution is 0.150. The molecular formula is C8H13F2N3S. The highest BCUT2D eigenvalue weighted by Crippen LogP contribution is 2.25. The van der Waals surface area contributed by atoms with Crippen LogP contribution in [0, 0.1) is 5.41 Å². The van der Waals surface area contributed by atoms with Gasteiger partial charge in [-0.3, -0.25) is 0 Å². The maximum atomic E-state index is 12.1. The Labute approximate surface area is 85.6 Å². The molecule has 0 saturated heterocycles. The molecule has 6 heteroatoms. The quantitative estimate of drug-likeness (QED) is 0.852. The molecule has 0 atom stereocenters. The summed E-state index contributed by atoms with van der Waals surface area (Å²) in [6, 6.07) is 0. The fourth-order valence-corrected chi connectivity index (χ4v) is 1.33. The Kier molecular flexibility index (Phi) is 3.36. The summed E-state index contributed by atoms with van der Waals surface area (Å²) in [5.74, 6) is 0. The molecule has 1 rings (SSSR count). The topological polar surface area (TPSA) is 37.8 Å². The van der Waals surface area contributed by atoms with Crippen molar-refractivity contribution >= 4 is 16.5 Å². The van der Waals surface area contributed by atoms with Crippen molar-refractivity contribution in [2.75, 3.05) is 11.9 Å². The molecule has 0 aromatic carbocycles. The second kappa shape index (κ2) is 4.16. The van der Waals surface area contributed by atoms with Gasteiger partial charge in [0.15, 0.2) is 5.01 Å². The van der Waals surface area contributed by atoms with E-state index in [1.165, 1.54) is 0 Å². The van der Waals surface area contributed by atoms with Gasteiger partial charge in [-0.2, -0.15) is 0 Å². The van der Waals surface area contributed by atoms with E-state index in [9.17, 15) is 8.78 Å². The van der Waals surface area contributed by atoms with E-state index in [0.29, 0.717) is 11.7 Å². The van der Waals surface area contributed by atoms with Crippen molar-refractivity contribution in [1.29, 1.82) is 0 Å². The smallest absolute Gasteiger partial charge is 0.291 e. The predicted molar refractivity (Wildman–Crippen MR) is 52.8 cm³/mol. The monoisotopic (exact) mass is 221 g/mol. The van der Waals surface area contributed by atoms with E-state index in [0.717, 1.165) is 11.3 Å². The molecule has 14 heavy (non-hydrogen) atoms. The maximum Gasteiger partial charge on any atom is 0.291 e. The van der Waals surface area contributed by atoms with E-state index in [1.807, 2.05) is 0 Å². The number of nitrogens with one attached hydrogen (secondary N) is 1. The maximum absolute atomic E-state index is 12.1. The van der Waals surface area contributed by atoms with Crippen LogP contribution in [0.5, 0.6) is 0 Å². The zero-order valence-electron chi connectivity index (χ0n) is 8.34. The van der Waals surface area contributed by atoms with Crippen LogP contribution < -0.4 is 5.32 Å². The van der Waals surface area contributed by atoms with Gasteiger partial charge in [-0.15, -0.1) is 10.2 Å². The largest absolute Gasteiger partial charge is 0.360 e.